The Kier molecular flexibility index (Phi) is 4.92. The van der Waals surface area contributed by atoms with Crippen molar-refractivity contribution in [2.45, 2.75) is 35.1 Å². The molecule has 2 aromatic heterocycles. The Balaban J connectivity index is 1.89. The Morgan fingerprint density at radius 1 is 1.25 bits per heavy atom. The molecule has 1 aliphatic carbocycles. The third kappa shape index (κ3) is 3.27. The van der Waals surface area contributed by atoms with Crippen molar-refractivity contribution >= 4 is 26.6 Å². The van der Waals surface area contributed by atoms with Gasteiger partial charge in [0.2, 0.25) is 11.8 Å². The summed E-state index contributed by atoms with van der Waals surface area (Å²) >= 11 is 0. The van der Waals surface area contributed by atoms with Crippen LogP contribution < -0.4 is 10.5 Å². The number of benzene rings is 1. The average molecular weight is 465 g/mol. The molecule has 1 aromatic carbocycles. The maximum atomic E-state index is 13.5. The van der Waals surface area contributed by atoms with Crippen LogP contribution in [0.3, 0.4) is 0 Å². The Hall–Kier alpha value is -3.21. The number of alkyl halides is 3. The highest BCUT2D eigenvalue weighted by Gasteiger charge is 2.68. The second kappa shape index (κ2) is 7.16. The largest absolute Gasteiger partial charge is 0.481 e. The van der Waals surface area contributed by atoms with Crippen LogP contribution in [0.2, 0.25) is 0 Å². The van der Waals surface area contributed by atoms with Crippen molar-refractivity contribution in [3.05, 3.63) is 59.4 Å². The maximum Gasteiger partial charge on any atom is 0.417 e. The SMILES string of the molecule is COc1ncc(C(F)(F)F)cc1C1(C(N)=O)CC1S(=O)(=O)c1cccc2nc(C)ccc12. The normalized spacial score (nSPS) is 20.8. The number of halogens is 3. The Morgan fingerprint density at radius 2 is 1.97 bits per heavy atom. The van der Waals surface area contributed by atoms with E-state index in [0.717, 1.165) is 0 Å². The minimum Gasteiger partial charge on any atom is -0.481 e. The maximum absolute atomic E-state index is 13.5. The van der Waals surface area contributed by atoms with Gasteiger partial charge in [-0.3, -0.25) is 9.78 Å². The topological polar surface area (TPSA) is 112 Å². The Labute approximate surface area is 181 Å². The average Bonchev–Trinajstić information content (AvgIpc) is 3.50. The molecule has 2 unspecified atom stereocenters. The molecular weight excluding hydrogens is 447 g/mol. The lowest BCUT2D eigenvalue weighted by Crippen LogP contribution is -2.35. The lowest BCUT2D eigenvalue weighted by atomic mass is 9.95. The van der Waals surface area contributed by atoms with E-state index in [-0.39, 0.29) is 22.8 Å². The van der Waals surface area contributed by atoms with E-state index < -0.39 is 38.1 Å². The number of aryl methyl sites for hydroxylation is 1. The van der Waals surface area contributed by atoms with Crippen molar-refractivity contribution in [2.24, 2.45) is 5.73 Å². The second-order valence-corrected chi connectivity index (χ2v) is 9.73. The molecule has 3 aromatic rings. The number of aromatic nitrogens is 2. The first-order chi connectivity index (χ1) is 14.9. The fraction of sp³-hybridized carbons (Fsp3) is 0.286. The van der Waals surface area contributed by atoms with Gasteiger partial charge in [-0.05, 0) is 43.7 Å². The van der Waals surface area contributed by atoms with Crippen LogP contribution in [0.5, 0.6) is 5.88 Å². The molecule has 1 fully saturated rings. The third-order valence-electron chi connectivity index (χ3n) is 5.70. The predicted octanol–water partition coefficient (Wildman–Crippen LogP) is 2.93. The minimum atomic E-state index is -4.75. The van der Waals surface area contributed by atoms with Crippen LogP contribution in [0.15, 0.2) is 47.5 Å². The van der Waals surface area contributed by atoms with E-state index in [1.165, 1.54) is 19.2 Å². The van der Waals surface area contributed by atoms with Crippen LogP contribution >= 0.6 is 0 Å². The molecule has 4 rings (SSSR count). The molecule has 0 aliphatic heterocycles. The molecular formula is C21H18F3N3O4S. The molecule has 2 heterocycles. The number of hydrogen-bond acceptors (Lipinski definition) is 6. The van der Waals surface area contributed by atoms with Gasteiger partial charge < -0.3 is 10.5 Å². The van der Waals surface area contributed by atoms with E-state index >= 15 is 0 Å². The van der Waals surface area contributed by atoms with E-state index in [9.17, 15) is 26.4 Å². The van der Waals surface area contributed by atoms with Crippen molar-refractivity contribution in [1.29, 1.82) is 0 Å². The zero-order valence-corrected chi connectivity index (χ0v) is 17.8. The van der Waals surface area contributed by atoms with Gasteiger partial charge in [0.1, 0.15) is 0 Å². The molecule has 1 amide bonds. The fourth-order valence-electron chi connectivity index (χ4n) is 4.00. The van der Waals surface area contributed by atoms with Crippen molar-refractivity contribution in [3.63, 3.8) is 0 Å². The summed E-state index contributed by atoms with van der Waals surface area (Å²) in [5.41, 5.74) is 3.35. The number of rotatable bonds is 5. The lowest BCUT2D eigenvalue weighted by molar-refractivity contribution is -0.138. The fourth-order valence-corrected chi connectivity index (χ4v) is 6.31. The van der Waals surface area contributed by atoms with E-state index in [1.807, 2.05) is 0 Å². The van der Waals surface area contributed by atoms with Gasteiger partial charge in [0, 0.05) is 22.8 Å². The lowest BCUT2D eigenvalue weighted by Gasteiger charge is -2.19. The standard InChI is InChI=1S/C21H18F3N3O4S/c1-11-6-7-13-15(27-11)4-3-5-16(13)32(29,30)17-9-20(17,19(25)28)14-8-12(21(22,23)24)10-26-18(14)31-2/h3-8,10,17H,9H2,1-2H3,(H2,25,28). The molecule has 1 saturated carbocycles. The highest BCUT2D eigenvalue weighted by molar-refractivity contribution is 7.92. The zero-order valence-electron chi connectivity index (χ0n) is 17.0. The van der Waals surface area contributed by atoms with Crippen molar-refractivity contribution in [2.75, 3.05) is 7.11 Å². The number of pyridine rings is 2. The molecule has 0 bridgehead atoms. The third-order valence-corrected chi connectivity index (χ3v) is 7.99. The highest BCUT2D eigenvalue weighted by atomic mass is 32.2. The quantitative estimate of drug-likeness (QED) is 0.620. The molecule has 32 heavy (non-hydrogen) atoms. The van der Waals surface area contributed by atoms with Crippen LogP contribution in [0.4, 0.5) is 13.2 Å². The van der Waals surface area contributed by atoms with Crippen LogP contribution in [-0.2, 0) is 26.2 Å². The highest BCUT2D eigenvalue weighted by Crippen LogP contribution is 2.57. The molecule has 11 heteroatoms. The van der Waals surface area contributed by atoms with Crippen molar-refractivity contribution < 1.29 is 31.1 Å². The minimum absolute atomic E-state index is 0.0745. The molecule has 1 aliphatic rings. The summed E-state index contributed by atoms with van der Waals surface area (Å²) in [5.74, 6) is -1.36. The molecule has 0 saturated heterocycles. The summed E-state index contributed by atoms with van der Waals surface area (Å²) < 4.78 is 72.0. The smallest absolute Gasteiger partial charge is 0.417 e. The Bertz CT molecular complexity index is 1360. The molecule has 0 radical (unpaired) electrons. The number of sulfone groups is 1. The second-order valence-electron chi connectivity index (χ2n) is 7.63. The van der Waals surface area contributed by atoms with Gasteiger partial charge in [0.25, 0.3) is 0 Å². The number of hydrogen-bond donors (Lipinski definition) is 1. The zero-order chi connectivity index (χ0) is 23.5. The van der Waals surface area contributed by atoms with Gasteiger partial charge >= 0.3 is 6.18 Å². The van der Waals surface area contributed by atoms with Gasteiger partial charge in [-0.25, -0.2) is 13.4 Å². The summed E-state index contributed by atoms with van der Waals surface area (Å²) in [6.07, 6.45) is -4.49. The predicted molar refractivity (Wildman–Crippen MR) is 109 cm³/mol. The number of primary amides is 1. The number of carbonyl (C=O) groups is 1. The molecule has 0 spiro atoms. The number of carbonyl (C=O) groups excluding carboxylic acids is 1. The number of ether oxygens (including phenoxy) is 1. The van der Waals surface area contributed by atoms with Crippen LogP contribution in [0.1, 0.15) is 23.2 Å². The Morgan fingerprint density at radius 3 is 2.59 bits per heavy atom. The summed E-state index contributed by atoms with van der Waals surface area (Å²) in [6, 6.07) is 8.47. The number of methoxy groups -OCH3 is 1. The molecule has 168 valence electrons. The van der Waals surface area contributed by atoms with Gasteiger partial charge in [-0.15, -0.1) is 0 Å². The van der Waals surface area contributed by atoms with E-state index in [4.69, 9.17) is 10.5 Å². The van der Waals surface area contributed by atoms with Crippen molar-refractivity contribution in [3.8, 4) is 5.88 Å². The summed E-state index contributed by atoms with van der Waals surface area (Å²) in [4.78, 5) is 20.4. The first-order valence-corrected chi connectivity index (χ1v) is 11.0. The van der Waals surface area contributed by atoms with E-state index in [0.29, 0.717) is 28.9 Å². The van der Waals surface area contributed by atoms with Gasteiger partial charge in [0.15, 0.2) is 9.84 Å². The van der Waals surface area contributed by atoms with Gasteiger partial charge in [-0.2, -0.15) is 13.2 Å². The van der Waals surface area contributed by atoms with E-state index in [1.54, 1.807) is 25.1 Å². The summed E-state index contributed by atoms with van der Waals surface area (Å²) in [5, 5.41) is -1.03. The molecule has 2 N–H and O–H groups in total. The summed E-state index contributed by atoms with van der Waals surface area (Å²) in [7, 11) is -3.02. The first-order valence-electron chi connectivity index (χ1n) is 9.45. The number of nitrogens with zero attached hydrogens (tertiary/aromatic N) is 2. The molecule has 7 nitrogen and oxygen atoms in total. The number of amides is 1. The van der Waals surface area contributed by atoms with E-state index in [2.05, 4.69) is 9.97 Å². The summed E-state index contributed by atoms with van der Waals surface area (Å²) in [6.45, 7) is 1.76. The first kappa shape index (κ1) is 22.0. The monoisotopic (exact) mass is 465 g/mol. The van der Waals surface area contributed by atoms with Crippen LogP contribution in [0, 0.1) is 6.92 Å². The van der Waals surface area contributed by atoms with Gasteiger partial charge in [0.05, 0.1) is 33.8 Å². The van der Waals surface area contributed by atoms with Crippen LogP contribution in [0.25, 0.3) is 10.9 Å². The van der Waals surface area contributed by atoms with Crippen LogP contribution in [-0.4, -0.2) is 36.7 Å². The number of fused-ring (bicyclic) bond motifs is 1. The molecule has 2 atom stereocenters. The van der Waals surface area contributed by atoms with Crippen molar-refractivity contribution in [1.82, 2.24) is 9.97 Å². The number of nitrogens with two attached hydrogens (primary N) is 1. The van der Waals surface area contributed by atoms with Gasteiger partial charge in [-0.1, -0.05) is 6.07 Å².